The van der Waals surface area contributed by atoms with Crippen molar-refractivity contribution in [3.8, 4) is 0 Å². The fraction of sp³-hybridized carbons (Fsp3) is 0.286. The summed E-state index contributed by atoms with van der Waals surface area (Å²) in [5, 5.41) is 0. The van der Waals surface area contributed by atoms with Gasteiger partial charge in [-0.1, -0.05) is 30.0 Å². The van der Waals surface area contributed by atoms with Gasteiger partial charge in [-0.05, 0) is 12.1 Å². The predicted molar refractivity (Wildman–Crippen MR) is 71.2 cm³/mol. The van der Waals surface area contributed by atoms with E-state index in [0.717, 1.165) is 16.2 Å². The molecular weight excluding hydrogens is 262 g/mol. The quantitative estimate of drug-likeness (QED) is 0.626. The van der Waals surface area contributed by atoms with Crippen LogP contribution in [-0.4, -0.2) is 29.9 Å². The van der Waals surface area contributed by atoms with E-state index in [1.54, 1.807) is 4.90 Å². The average Bonchev–Trinajstić information content (AvgIpc) is 2.71. The van der Waals surface area contributed by atoms with E-state index >= 15 is 0 Å². The van der Waals surface area contributed by atoms with Crippen molar-refractivity contribution in [3.05, 3.63) is 40.9 Å². The fourth-order valence-corrected chi connectivity index (χ4v) is 3.56. The maximum atomic E-state index is 11.9. The first kappa shape index (κ1) is 12.3. The summed E-state index contributed by atoms with van der Waals surface area (Å²) in [6.45, 7) is 0. The van der Waals surface area contributed by atoms with Gasteiger partial charge in [0.25, 0.3) is 0 Å². The number of hydrogen-bond donors (Lipinski definition) is 0. The fourth-order valence-electron chi connectivity index (χ4n) is 2.43. The van der Waals surface area contributed by atoms with Crippen molar-refractivity contribution in [2.24, 2.45) is 0 Å². The Morgan fingerprint density at radius 3 is 2.68 bits per heavy atom. The second kappa shape index (κ2) is 4.74. The number of thioether (sulfide) groups is 1. The van der Waals surface area contributed by atoms with Crippen LogP contribution in [0.1, 0.15) is 12.8 Å². The van der Waals surface area contributed by atoms with Crippen LogP contribution in [0.15, 0.2) is 45.8 Å². The van der Waals surface area contributed by atoms with Gasteiger partial charge in [0.15, 0.2) is 0 Å². The van der Waals surface area contributed by atoms with E-state index in [9.17, 15) is 9.59 Å². The number of carbonyl (C=O) groups is 2. The van der Waals surface area contributed by atoms with E-state index in [1.165, 1.54) is 18.9 Å². The van der Waals surface area contributed by atoms with E-state index in [4.69, 9.17) is 4.74 Å². The molecule has 0 aromatic heterocycles. The van der Waals surface area contributed by atoms with E-state index in [0.29, 0.717) is 12.1 Å². The van der Waals surface area contributed by atoms with Crippen LogP contribution in [0.4, 0.5) is 0 Å². The molecule has 0 N–H and O–H groups in total. The molecular formula is C14H13NO3S. The van der Waals surface area contributed by atoms with E-state index < -0.39 is 5.97 Å². The van der Waals surface area contributed by atoms with Crippen LogP contribution in [0.25, 0.3) is 0 Å². The van der Waals surface area contributed by atoms with Gasteiger partial charge in [0, 0.05) is 22.6 Å². The van der Waals surface area contributed by atoms with Gasteiger partial charge in [-0.15, -0.1) is 0 Å². The maximum Gasteiger partial charge on any atom is 0.355 e. The van der Waals surface area contributed by atoms with Crippen LogP contribution in [-0.2, 0) is 14.3 Å². The third kappa shape index (κ3) is 2.04. The van der Waals surface area contributed by atoms with Crippen molar-refractivity contribution in [1.29, 1.82) is 0 Å². The number of benzene rings is 1. The molecule has 2 heterocycles. The van der Waals surface area contributed by atoms with Gasteiger partial charge in [-0.2, -0.15) is 0 Å². The smallest absolute Gasteiger partial charge is 0.355 e. The molecule has 1 aromatic carbocycles. The van der Waals surface area contributed by atoms with Crippen molar-refractivity contribution in [1.82, 2.24) is 4.90 Å². The molecule has 1 amide bonds. The molecule has 2 aliphatic rings. The summed E-state index contributed by atoms with van der Waals surface area (Å²) in [6, 6.07) is 9.98. The van der Waals surface area contributed by atoms with E-state index in [1.807, 2.05) is 30.3 Å². The molecule has 1 saturated heterocycles. The highest BCUT2D eigenvalue weighted by Crippen LogP contribution is 2.45. The number of fused-ring (bicyclic) bond motifs is 1. The van der Waals surface area contributed by atoms with Gasteiger partial charge >= 0.3 is 5.97 Å². The summed E-state index contributed by atoms with van der Waals surface area (Å²) < 4.78 is 4.80. The van der Waals surface area contributed by atoms with Crippen molar-refractivity contribution in [2.45, 2.75) is 23.8 Å². The molecule has 0 radical (unpaired) electrons. The highest BCUT2D eigenvalue weighted by atomic mass is 32.2. The Bertz CT molecular complexity index is 567. The monoisotopic (exact) mass is 275 g/mol. The Kier molecular flexibility index (Phi) is 3.06. The first-order valence-corrected chi connectivity index (χ1v) is 6.89. The molecule has 1 atom stereocenters. The zero-order valence-corrected chi connectivity index (χ0v) is 11.3. The molecule has 4 nitrogen and oxygen atoms in total. The lowest BCUT2D eigenvalue weighted by Gasteiger charge is -2.35. The molecule has 0 saturated carbocycles. The Morgan fingerprint density at radius 1 is 1.32 bits per heavy atom. The molecule has 98 valence electrons. The second-order valence-corrected chi connectivity index (χ2v) is 5.67. The van der Waals surface area contributed by atoms with Crippen LogP contribution in [0.5, 0.6) is 0 Å². The Labute approximate surface area is 115 Å². The summed E-state index contributed by atoms with van der Waals surface area (Å²) in [6.07, 6.45) is 1.27. The molecule has 0 aliphatic carbocycles. The van der Waals surface area contributed by atoms with Gasteiger partial charge in [0.05, 0.1) is 13.2 Å². The number of nitrogens with zero attached hydrogens (tertiary/aromatic N) is 1. The average molecular weight is 275 g/mol. The summed E-state index contributed by atoms with van der Waals surface area (Å²) in [5.41, 5.74) is 0.428. The number of rotatable bonds is 3. The number of ether oxygens (including phenoxy) is 1. The highest BCUT2D eigenvalue weighted by Gasteiger charge is 2.47. The van der Waals surface area contributed by atoms with Crippen molar-refractivity contribution >= 4 is 23.6 Å². The zero-order chi connectivity index (χ0) is 13.4. The standard InChI is InChI=1S/C14H13NO3S/c1-18-14(17)13-11(7-9-8-12(16)15(9)13)19-10-5-3-2-4-6-10/h2-6,9H,7-8H2,1H3. The van der Waals surface area contributed by atoms with Gasteiger partial charge < -0.3 is 9.64 Å². The second-order valence-electron chi connectivity index (χ2n) is 4.50. The van der Waals surface area contributed by atoms with Crippen LogP contribution >= 0.6 is 11.8 Å². The topological polar surface area (TPSA) is 46.6 Å². The summed E-state index contributed by atoms with van der Waals surface area (Å²) in [5.74, 6) is -0.414. The first-order chi connectivity index (χ1) is 9.20. The van der Waals surface area contributed by atoms with Gasteiger partial charge in [0.1, 0.15) is 5.70 Å². The molecule has 2 aliphatic heterocycles. The van der Waals surface area contributed by atoms with Crippen LogP contribution in [0.3, 0.4) is 0 Å². The SMILES string of the molecule is COC(=O)C1=C(Sc2ccccc2)CC2CC(=O)N12. The van der Waals surface area contributed by atoms with E-state index in [2.05, 4.69) is 0 Å². The lowest BCUT2D eigenvalue weighted by molar-refractivity contribution is -0.148. The summed E-state index contributed by atoms with van der Waals surface area (Å²) in [4.78, 5) is 27.0. The predicted octanol–water partition coefficient (Wildman–Crippen LogP) is 2.17. The van der Waals surface area contributed by atoms with Gasteiger partial charge in [-0.3, -0.25) is 4.79 Å². The van der Waals surface area contributed by atoms with Crippen LogP contribution < -0.4 is 0 Å². The number of hydrogen-bond acceptors (Lipinski definition) is 4. The molecule has 1 unspecified atom stereocenters. The largest absolute Gasteiger partial charge is 0.464 e. The minimum Gasteiger partial charge on any atom is -0.464 e. The highest BCUT2D eigenvalue weighted by molar-refractivity contribution is 8.03. The Hall–Kier alpha value is -1.75. The van der Waals surface area contributed by atoms with Crippen molar-refractivity contribution in [3.63, 3.8) is 0 Å². The molecule has 5 heteroatoms. The summed E-state index contributed by atoms with van der Waals surface area (Å²) >= 11 is 1.54. The number of esters is 1. The third-order valence-corrected chi connectivity index (χ3v) is 4.45. The number of amides is 1. The lowest BCUT2D eigenvalue weighted by atomic mass is 10.0. The third-order valence-electron chi connectivity index (χ3n) is 3.33. The molecule has 0 spiro atoms. The molecule has 0 bridgehead atoms. The van der Waals surface area contributed by atoms with E-state index in [-0.39, 0.29) is 11.9 Å². The Morgan fingerprint density at radius 2 is 2.05 bits per heavy atom. The molecule has 19 heavy (non-hydrogen) atoms. The maximum absolute atomic E-state index is 11.9. The Balaban J connectivity index is 1.92. The molecule has 3 rings (SSSR count). The molecule has 1 fully saturated rings. The normalized spacial score (nSPS) is 21.2. The first-order valence-electron chi connectivity index (χ1n) is 6.07. The number of carbonyl (C=O) groups excluding carboxylic acids is 2. The zero-order valence-electron chi connectivity index (χ0n) is 10.5. The minimum absolute atomic E-state index is 0.00839. The van der Waals surface area contributed by atoms with Gasteiger partial charge in [-0.25, -0.2) is 4.79 Å². The molecule has 1 aromatic rings. The summed E-state index contributed by atoms with van der Waals surface area (Å²) in [7, 11) is 1.34. The number of β-lactam (4-membered cyclic amide) rings is 1. The van der Waals surface area contributed by atoms with Crippen LogP contribution in [0.2, 0.25) is 0 Å². The lowest BCUT2D eigenvalue weighted by Crippen LogP contribution is -2.49. The van der Waals surface area contributed by atoms with Gasteiger partial charge in [0.2, 0.25) is 5.91 Å². The minimum atomic E-state index is -0.422. The van der Waals surface area contributed by atoms with Crippen molar-refractivity contribution in [2.75, 3.05) is 7.11 Å². The van der Waals surface area contributed by atoms with Crippen molar-refractivity contribution < 1.29 is 14.3 Å². The van der Waals surface area contributed by atoms with Crippen LogP contribution in [0, 0.1) is 0 Å². The number of methoxy groups -OCH3 is 1.